The van der Waals surface area contributed by atoms with Crippen molar-refractivity contribution in [1.82, 2.24) is 0 Å². The molecule has 0 aliphatic carbocycles. The minimum Gasteiger partial charge on any atom is -0.377 e. The Morgan fingerprint density at radius 1 is 1.50 bits per heavy atom. The lowest BCUT2D eigenvalue weighted by Gasteiger charge is -2.14. The van der Waals surface area contributed by atoms with Crippen LogP contribution in [0.1, 0.15) is 24.5 Å². The Balaban J connectivity index is 2.07. The summed E-state index contributed by atoms with van der Waals surface area (Å²) in [6.45, 7) is 5.81. The van der Waals surface area contributed by atoms with E-state index in [1.54, 1.807) is 0 Å². The van der Waals surface area contributed by atoms with Crippen LogP contribution >= 0.6 is 11.8 Å². The molecule has 2 N–H and O–H groups in total. The molecule has 2 rings (SSSR count). The van der Waals surface area contributed by atoms with Crippen LogP contribution in [0.25, 0.3) is 0 Å². The third-order valence-corrected chi connectivity index (χ3v) is 4.58. The SMILES string of the molecule is Cc1cc(SC2CCOC2C)ccc1CN. The molecule has 1 heterocycles. The van der Waals surface area contributed by atoms with E-state index in [9.17, 15) is 0 Å². The normalized spacial score (nSPS) is 24.9. The molecule has 2 nitrogen and oxygen atoms in total. The zero-order chi connectivity index (χ0) is 11.5. The molecule has 88 valence electrons. The zero-order valence-corrected chi connectivity index (χ0v) is 10.7. The van der Waals surface area contributed by atoms with E-state index < -0.39 is 0 Å². The maximum Gasteiger partial charge on any atom is 0.0669 e. The Kier molecular flexibility index (Phi) is 3.90. The molecule has 0 radical (unpaired) electrons. The van der Waals surface area contributed by atoms with E-state index in [1.165, 1.54) is 16.0 Å². The maximum atomic E-state index is 5.66. The number of ether oxygens (including phenoxy) is 1. The molecule has 0 bridgehead atoms. The highest BCUT2D eigenvalue weighted by atomic mass is 32.2. The van der Waals surface area contributed by atoms with Gasteiger partial charge in [-0.3, -0.25) is 0 Å². The van der Waals surface area contributed by atoms with Gasteiger partial charge in [0, 0.05) is 23.3 Å². The number of aryl methyl sites for hydroxylation is 1. The smallest absolute Gasteiger partial charge is 0.0669 e. The molecule has 0 amide bonds. The van der Waals surface area contributed by atoms with Crippen LogP contribution in [0.2, 0.25) is 0 Å². The van der Waals surface area contributed by atoms with E-state index in [-0.39, 0.29) is 0 Å². The van der Waals surface area contributed by atoms with Crippen molar-refractivity contribution in [3.05, 3.63) is 29.3 Å². The van der Waals surface area contributed by atoms with Crippen molar-refractivity contribution in [3.8, 4) is 0 Å². The summed E-state index contributed by atoms with van der Waals surface area (Å²) < 4.78 is 5.57. The van der Waals surface area contributed by atoms with Gasteiger partial charge in [-0.2, -0.15) is 0 Å². The molecule has 2 unspecified atom stereocenters. The number of benzene rings is 1. The summed E-state index contributed by atoms with van der Waals surface area (Å²) in [5, 5.41) is 0.600. The van der Waals surface area contributed by atoms with Crippen LogP contribution in [0.15, 0.2) is 23.1 Å². The molecule has 1 saturated heterocycles. The second-order valence-electron chi connectivity index (χ2n) is 4.31. The highest BCUT2D eigenvalue weighted by molar-refractivity contribution is 8.00. The summed E-state index contributed by atoms with van der Waals surface area (Å²) in [4.78, 5) is 1.33. The number of rotatable bonds is 3. The first kappa shape index (κ1) is 12.0. The Bertz CT molecular complexity index is 367. The van der Waals surface area contributed by atoms with Crippen LogP contribution in [0.5, 0.6) is 0 Å². The molecule has 1 aliphatic heterocycles. The van der Waals surface area contributed by atoms with Gasteiger partial charge in [-0.25, -0.2) is 0 Å². The van der Waals surface area contributed by atoms with Crippen molar-refractivity contribution in [1.29, 1.82) is 0 Å². The summed E-state index contributed by atoms with van der Waals surface area (Å²) in [5.41, 5.74) is 8.19. The van der Waals surface area contributed by atoms with Crippen molar-refractivity contribution in [3.63, 3.8) is 0 Å². The lowest BCUT2D eigenvalue weighted by molar-refractivity contribution is 0.127. The van der Waals surface area contributed by atoms with Gasteiger partial charge in [-0.15, -0.1) is 11.8 Å². The van der Waals surface area contributed by atoms with Crippen molar-refractivity contribution in [2.45, 2.75) is 43.1 Å². The molecular weight excluding hydrogens is 218 g/mol. The summed E-state index contributed by atoms with van der Waals surface area (Å²) >= 11 is 1.93. The van der Waals surface area contributed by atoms with Crippen molar-refractivity contribution < 1.29 is 4.74 Å². The van der Waals surface area contributed by atoms with E-state index >= 15 is 0 Å². The topological polar surface area (TPSA) is 35.2 Å². The van der Waals surface area contributed by atoms with Crippen LogP contribution < -0.4 is 5.73 Å². The third-order valence-electron chi connectivity index (χ3n) is 3.13. The van der Waals surface area contributed by atoms with Gasteiger partial charge in [-0.1, -0.05) is 6.07 Å². The van der Waals surface area contributed by atoms with Crippen molar-refractivity contribution in [2.24, 2.45) is 5.73 Å². The molecular formula is C13H19NOS. The molecule has 1 aromatic rings. The largest absolute Gasteiger partial charge is 0.377 e. The first-order chi connectivity index (χ1) is 7.70. The van der Waals surface area contributed by atoms with E-state index in [0.717, 1.165) is 13.0 Å². The van der Waals surface area contributed by atoms with Gasteiger partial charge < -0.3 is 10.5 Å². The van der Waals surface area contributed by atoms with Crippen LogP contribution in [-0.4, -0.2) is 18.0 Å². The standard InChI is InChI=1S/C13H19NOS/c1-9-7-12(4-3-11(9)8-14)16-13-5-6-15-10(13)2/h3-4,7,10,13H,5-6,8,14H2,1-2H3. The highest BCUT2D eigenvalue weighted by Gasteiger charge is 2.25. The maximum absolute atomic E-state index is 5.66. The van der Waals surface area contributed by atoms with Gasteiger partial charge in [0.05, 0.1) is 6.10 Å². The molecule has 1 aliphatic rings. The fraction of sp³-hybridized carbons (Fsp3) is 0.538. The first-order valence-electron chi connectivity index (χ1n) is 5.78. The number of nitrogens with two attached hydrogens (primary N) is 1. The fourth-order valence-corrected chi connectivity index (χ4v) is 3.24. The Morgan fingerprint density at radius 3 is 2.88 bits per heavy atom. The average molecular weight is 237 g/mol. The second kappa shape index (κ2) is 5.21. The quantitative estimate of drug-likeness (QED) is 0.878. The predicted molar refractivity (Wildman–Crippen MR) is 68.7 cm³/mol. The van der Waals surface area contributed by atoms with E-state index in [4.69, 9.17) is 10.5 Å². The Labute approximate surface area is 102 Å². The van der Waals surface area contributed by atoms with E-state index in [1.807, 2.05) is 11.8 Å². The highest BCUT2D eigenvalue weighted by Crippen LogP contribution is 2.33. The monoisotopic (exact) mass is 237 g/mol. The molecule has 1 aromatic carbocycles. The van der Waals surface area contributed by atoms with Gasteiger partial charge in [0.2, 0.25) is 0 Å². The molecule has 1 fully saturated rings. The average Bonchev–Trinajstić information content (AvgIpc) is 2.65. The lowest BCUT2D eigenvalue weighted by Crippen LogP contribution is -2.13. The van der Waals surface area contributed by atoms with Gasteiger partial charge in [-0.05, 0) is 43.5 Å². The van der Waals surface area contributed by atoms with Crippen molar-refractivity contribution >= 4 is 11.8 Å². The molecule has 3 heteroatoms. The Hall–Kier alpha value is -0.510. The number of hydrogen-bond donors (Lipinski definition) is 1. The fourth-order valence-electron chi connectivity index (χ4n) is 2.01. The van der Waals surface area contributed by atoms with Crippen molar-refractivity contribution in [2.75, 3.05) is 6.61 Å². The minimum atomic E-state index is 0.375. The lowest BCUT2D eigenvalue weighted by atomic mass is 10.1. The molecule has 0 spiro atoms. The predicted octanol–water partition coefficient (Wildman–Crippen LogP) is 2.72. The van der Waals surface area contributed by atoms with Crippen LogP contribution in [0.4, 0.5) is 0 Å². The second-order valence-corrected chi connectivity index (χ2v) is 5.63. The van der Waals surface area contributed by atoms with Crippen LogP contribution in [0.3, 0.4) is 0 Å². The van der Waals surface area contributed by atoms with Crippen LogP contribution in [-0.2, 0) is 11.3 Å². The first-order valence-corrected chi connectivity index (χ1v) is 6.66. The van der Waals surface area contributed by atoms with Gasteiger partial charge in [0.25, 0.3) is 0 Å². The number of hydrogen-bond acceptors (Lipinski definition) is 3. The van der Waals surface area contributed by atoms with Crippen LogP contribution in [0, 0.1) is 6.92 Å². The minimum absolute atomic E-state index is 0.375. The van der Waals surface area contributed by atoms with Gasteiger partial charge in [0.15, 0.2) is 0 Å². The Morgan fingerprint density at radius 2 is 2.31 bits per heavy atom. The third kappa shape index (κ3) is 2.59. The molecule has 2 atom stereocenters. The summed E-state index contributed by atoms with van der Waals surface area (Å²) in [6.07, 6.45) is 1.53. The van der Waals surface area contributed by atoms with Gasteiger partial charge >= 0.3 is 0 Å². The molecule has 0 saturated carbocycles. The molecule has 16 heavy (non-hydrogen) atoms. The van der Waals surface area contributed by atoms with Gasteiger partial charge in [0.1, 0.15) is 0 Å². The van der Waals surface area contributed by atoms with E-state index in [2.05, 4.69) is 32.0 Å². The summed E-state index contributed by atoms with van der Waals surface area (Å²) in [5.74, 6) is 0. The summed E-state index contributed by atoms with van der Waals surface area (Å²) in [6, 6.07) is 6.54. The van der Waals surface area contributed by atoms with E-state index in [0.29, 0.717) is 17.9 Å². The summed E-state index contributed by atoms with van der Waals surface area (Å²) in [7, 11) is 0. The zero-order valence-electron chi connectivity index (χ0n) is 9.90. The molecule has 0 aromatic heterocycles. The number of thioether (sulfide) groups is 1.